The molecule has 0 spiro atoms. The lowest BCUT2D eigenvalue weighted by Crippen LogP contribution is -2.42. The van der Waals surface area contributed by atoms with Gasteiger partial charge in [-0.1, -0.05) is 53.7 Å². The minimum absolute atomic E-state index is 0.0873. The Bertz CT molecular complexity index is 1140. The van der Waals surface area contributed by atoms with E-state index in [0.29, 0.717) is 5.76 Å². The van der Waals surface area contributed by atoms with E-state index in [1.807, 2.05) is 72.4 Å². The third kappa shape index (κ3) is 3.50. The van der Waals surface area contributed by atoms with E-state index in [1.54, 1.807) is 0 Å². The molecular weight excluding hydrogens is 356 g/mol. The van der Waals surface area contributed by atoms with Crippen LogP contribution in [-0.4, -0.2) is 21.5 Å². The summed E-state index contributed by atoms with van der Waals surface area (Å²) in [5.41, 5.74) is 7.63. The first kappa shape index (κ1) is 17.5. The van der Waals surface area contributed by atoms with Crippen LogP contribution in [-0.2, 0) is 18.3 Å². The molecule has 2 aromatic heterocycles. The van der Waals surface area contributed by atoms with Crippen LogP contribution in [0.2, 0.25) is 0 Å². The number of aromatic nitrogens is 2. The van der Waals surface area contributed by atoms with Gasteiger partial charge in [-0.15, -0.1) is 0 Å². The van der Waals surface area contributed by atoms with Gasteiger partial charge >= 0.3 is 0 Å². The number of rotatable bonds is 4. The zero-order valence-electron chi connectivity index (χ0n) is 15.2. The standard InChI is InChI=1S/C21H18N4O3/c1-25-13-15(16-9-5-6-10-18(16)25)11-20(26)22-23-21(27)17-12-19(28-24-17)14-7-3-2-4-8-14/h2-10,12-13H,11H2,1H3,(H,22,26)(H,23,27). The van der Waals surface area contributed by atoms with Gasteiger partial charge in [-0.25, -0.2) is 0 Å². The summed E-state index contributed by atoms with van der Waals surface area (Å²) in [5.74, 6) is -0.387. The lowest BCUT2D eigenvalue weighted by molar-refractivity contribution is -0.121. The first-order valence-electron chi connectivity index (χ1n) is 8.76. The summed E-state index contributed by atoms with van der Waals surface area (Å²) in [6.45, 7) is 0. The van der Waals surface area contributed by atoms with Crippen molar-refractivity contribution in [3.8, 4) is 11.3 Å². The molecule has 7 heteroatoms. The molecule has 0 atom stereocenters. The average molecular weight is 374 g/mol. The third-order valence-corrected chi connectivity index (χ3v) is 4.45. The molecule has 0 saturated carbocycles. The quantitative estimate of drug-likeness (QED) is 0.538. The van der Waals surface area contributed by atoms with Crippen molar-refractivity contribution >= 4 is 22.7 Å². The van der Waals surface area contributed by atoms with E-state index in [-0.39, 0.29) is 18.0 Å². The normalized spacial score (nSPS) is 10.8. The monoisotopic (exact) mass is 374 g/mol. The number of benzene rings is 2. The topological polar surface area (TPSA) is 89.2 Å². The molecule has 4 rings (SSSR count). The molecule has 140 valence electrons. The molecule has 0 aliphatic heterocycles. The Hall–Kier alpha value is -3.87. The van der Waals surface area contributed by atoms with Crippen molar-refractivity contribution < 1.29 is 14.1 Å². The van der Waals surface area contributed by atoms with Crippen LogP contribution in [0.3, 0.4) is 0 Å². The molecule has 0 unspecified atom stereocenters. The predicted molar refractivity (Wildman–Crippen MR) is 104 cm³/mol. The highest BCUT2D eigenvalue weighted by Crippen LogP contribution is 2.21. The maximum absolute atomic E-state index is 12.2. The second-order valence-corrected chi connectivity index (χ2v) is 6.40. The lowest BCUT2D eigenvalue weighted by atomic mass is 10.1. The van der Waals surface area contributed by atoms with Gasteiger partial charge in [-0.05, 0) is 11.6 Å². The second-order valence-electron chi connectivity index (χ2n) is 6.40. The van der Waals surface area contributed by atoms with E-state index in [9.17, 15) is 9.59 Å². The SMILES string of the molecule is Cn1cc(CC(=O)NNC(=O)c2cc(-c3ccccc3)on2)c2ccccc21. The number of hydrogen-bond donors (Lipinski definition) is 2. The zero-order valence-corrected chi connectivity index (χ0v) is 15.2. The molecule has 7 nitrogen and oxygen atoms in total. The van der Waals surface area contributed by atoms with Gasteiger partial charge in [0.15, 0.2) is 11.5 Å². The maximum Gasteiger partial charge on any atom is 0.291 e. The van der Waals surface area contributed by atoms with E-state index >= 15 is 0 Å². The van der Waals surface area contributed by atoms with E-state index in [1.165, 1.54) is 6.07 Å². The number of para-hydroxylation sites is 1. The van der Waals surface area contributed by atoms with Gasteiger partial charge < -0.3 is 9.09 Å². The highest BCUT2D eigenvalue weighted by Gasteiger charge is 2.15. The zero-order chi connectivity index (χ0) is 19.5. The van der Waals surface area contributed by atoms with Gasteiger partial charge in [0.25, 0.3) is 5.91 Å². The Kier molecular flexibility index (Phi) is 4.63. The number of carbonyl (C=O) groups excluding carboxylic acids is 2. The second kappa shape index (κ2) is 7.40. The largest absolute Gasteiger partial charge is 0.355 e. The van der Waals surface area contributed by atoms with E-state index < -0.39 is 5.91 Å². The van der Waals surface area contributed by atoms with Crippen molar-refractivity contribution in [1.82, 2.24) is 20.6 Å². The van der Waals surface area contributed by atoms with Crippen molar-refractivity contribution in [2.24, 2.45) is 7.05 Å². The molecule has 0 aliphatic carbocycles. The van der Waals surface area contributed by atoms with E-state index in [2.05, 4.69) is 16.0 Å². The highest BCUT2D eigenvalue weighted by molar-refractivity contribution is 5.95. The van der Waals surface area contributed by atoms with E-state index in [4.69, 9.17) is 4.52 Å². The Morgan fingerprint density at radius 3 is 2.61 bits per heavy atom. The molecule has 28 heavy (non-hydrogen) atoms. The van der Waals surface area contributed by atoms with Crippen LogP contribution in [0, 0.1) is 0 Å². The Morgan fingerprint density at radius 2 is 1.79 bits per heavy atom. The van der Waals surface area contributed by atoms with Gasteiger partial charge in [0.2, 0.25) is 5.91 Å². The van der Waals surface area contributed by atoms with Crippen LogP contribution in [0.25, 0.3) is 22.2 Å². The lowest BCUT2D eigenvalue weighted by Gasteiger charge is -2.05. The van der Waals surface area contributed by atoms with Crippen molar-refractivity contribution in [1.29, 1.82) is 0 Å². The Balaban J connectivity index is 1.38. The molecular formula is C21H18N4O3. The summed E-state index contributed by atoms with van der Waals surface area (Å²) >= 11 is 0. The predicted octanol–water partition coefficient (Wildman–Crippen LogP) is 2.84. The third-order valence-electron chi connectivity index (χ3n) is 4.45. The average Bonchev–Trinajstić information content (AvgIpc) is 3.33. The number of fused-ring (bicyclic) bond motifs is 1. The number of amides is 2. The Labute approximate surface area is 160 Å². The van der Waals surface area contributed by atoms with Crippen molar-refractivity contribution in [3.63, 3.8) is 0 Å². The number of carbonyl (C=O) groups is 2. The molecule has 2 aromatic carbocycles. The summed E-state index contributed by atoms with van der Waals surface area (Å²) < 4.78 is 7.17. The fourth-order valence-electron chi connectivity index (χ4n) is 3.09. The van der Waals surface area contributed by atoms with Crippen LogP contribution < -0.4 is 10.9 Å². The molecule has 2 amide bonds. The molecule has 0 aliphatic rings. The molecule has 0 radical (unpaired) electrons. The molecule has 0 saturated heterocycles. The van der Waals surface area contributed by atoms with E-state index in [0.717, 1.165) is 22.0 Å². The molecule has 4 aromatic rings. The number of aryl methyl sites for hydroxylation is 1. The molecule has 2 heterocycles. The summed E-state index contributed by atoms with van der Waals surface area (Å²) in [5, 5.41) is 4.77. The van der Waals surface area contributed by atoms with Crippen molar-refractivity contribution in [2.75, 3.05) is 0 Å². The fraction of sp³-hybridized carbons (Fsp3) is 0.0952. The summed E-state index contributed by atoms with van der Waals surface area (Å²) in [6.07, 6.45) is 2.06. The molecule has 2 N–H and O–H groups in total. The Morgan fingerprint density at radius 1 is 1.04 bits per heavy atom. The minimum atomic E-state index is -0.544. The summed E-state index contributed by atoms with van der Waals surface area (Å²) in [7, 11) is 1.93. The first-order valence-corrected chi connectivity index (χ1v) is 8.76. The summed E-state index contributed by atoms with van der Waals surface area (Å²) in [6, 6.07) is 18.7. The van der Waals surface area contributed by atoms with Crippen molar-refractivity contribution in [3.05, 3.63) is 78.1 Å². The van der Waals surface area contributed by atoms with Gasteiger partial charge in [0.05, 0.1) is 6.42 Å². The van der Waals surface area contributed by atoms with Crippen LogP contribution >= 0.6 is 0 Å². The van der Waals surface area contributed by atoms with Gasteiger partial charge in [-0.3, -0.25) is 20.4 Å². The van der Waals surface area contributed by atoms with Gasteiger partial charge in [0.1, 0.15) is 0 Å². The maximum atomic E-state index is 12.2. The van der Waals surface area contributed by atoms with Gasteiger partial charge in [-0.2, -0.15) is 0 Å². The minimum Gasteiger partial charge on any atom is -0.355 e. The van der Waals surface area contributed by atoms with Crippen LogP contribution in [0.1, 0.15) is 16.1 Å². The smallest absolute Gasteiger partial charge is 0.291 e. The number of hydrazine groups is 1. The van der Waals surface area contributed by atoms with Crippen LogP contribution in [0.5, 0.6) is 0 Å². The van der Waals surface area contributed by atoms with Crippen LogP contribution in [0.15, 0.2) is 71.4 Å². The highest BCUT2D eigenvalue weighted by atomic mass is 16.5. The number of nitrogens with zero attached hydrogens (tertiary/aromatic N) is 2. The van der Waals surface area contributed by atoms with Gasteiger partial charge in [0, 0.05) is 35.8 Å². The van der Waals surface area contributed by atoms with Crippen LogP contribution in [0.4, 0.5) is 0 Å². The number of nitrogens with one attached hydrogen (secondary N) is 2. The summed E-state index contributed by atoms with van der Waals surface area (Å²) in [4.78, 5) is 24.5. The molecule has 0 fully saturated rings. The number of hydrogen-bond acceptors (Lipinski definition) is 4. The van der Waals surface area contributed by atoms with Crippen molar-refractivity contribution in [2.45, 2.75) is 6.42 Å². The first-order chi connectivity index (χ1) is 13.6. The molecule has 0 bridgehead atoms. The fourth-order valence-corrected chi connectivity index (χ4v) is 3.09.